The number of hydrogen-bond acceptors (Lipinski definition) is 4. The third-order valence-corrected chi connectivity index (χ3v) is 4.01. The number of alkyl halides is 2. The Morgan fingerprint density at radius 3 is 2.44 bits per heavy atom. The normalized spacial score (nSPS) is 19.4. The lowest BCUT2D eigenvalue weighted by Crippen LogP contribution is -2.32. The van der Waals surface area contributed by atoms with Gasteiger partial charge in [0.05, 0.1) is 0 Å². The number of aromatic nitrogens is 1. The van der Waals surface area contributed by atoms with Crippen molar-refractivity contribution < 1.29 is 18.4 Å². The van der Waals surface area contributed by atoms with Gasteiger partial charge in [0.1, 0.15) is 5.69 Å². The van der Waals surface area contributed by atoms with Gasteiger partial charge >= 0.3 is 0 Å². The maximum Gasteiger partial charge on any atom is 0.270 e. The molecule has 3 rings (SSSR count). The summed E-state index contributed by atoms with van der Waals surface area (Å²) in [7, 11) is 0. The number of amides is 1. The summed E-state index contributed by atoms with van der Waals surface area (Å²) in [6.07, 6.45) is 6.26. The van der Waals surface area contributed by atoms with Gasteiger partial charge in [0.2, 0.25) is 0 Å². The first-order chi connectivity index (χ1) is 11.9. The summed E-state index contributed by atoms with van der Waals surface area (Å²) < 4.78 is 25.7. The van der Waals surface area contributed by atoms with Crippen LogP contribution in [0.3, 0.4) is 0 Å². The van der Waals surface area contributed by atoms with E-state index < -0.39 is 11.8 Å². The summed E-state index contributed by atoms with van der Waals surface area (Å²) in [5, 5.41) is 3.18. The van der Waals surface area contributed by atoms with Crippen LogP contribution in [0.5, 0.6) is 0 Å². The lowest BCUT2D eigenvalue weighted by molar-refractivity contribution is -0.119. The number of Topliss-reactive ketones (excluding diaryl/α,β-unsaturated/α-hetero) is 1. The molecule has 1 amide bonds. The number of pyridine rings is 1. The number of nitrogens with one attached hydrogen (secondary N) is 1. The van der Waals surface area contributed by atoms with E-state index in [0.29, 0.717) is 11.3 Å². The maximum absolute atomic E-state index is 12.8. The van der Waals surface area contributed by atoms with E-state index in [-0.39, 0.29) is 18.1 Å². The minimum atomic E-state index is -2.78. The number of carbonyl (C=O) groups is 2. The number of piperidine rings is 1. The molecule has 1 aliphatic heterocycles. The molecule has 1 aromatic heterocycles. The van der Waals surface area contributed by atoms with Crippen LogP contribution in [0.25, 0.3) is 0 Å². The Morgan fingerprint density at radius 1 is 1.24 bits per heavy atom. The Hall–Kier alpha value is -2.41. The van der Waals surface area contributed by atoms with Crippen LogP contribution >= 0.6 is 0 Å². The lowest BCUT2D eigenvalue weighted by atomic mass is 9.87. The molecule has 1 saturated heterocycles. The molecule has 1 aliphatic carbocycles. The van der Waals surface area contributed by atoms with E-state index in [2.05, 4.69) is 10.3 Å². The van der Waals surface area contributed by atoms with Gasteiger partial charge in [-0.25, -0.2) is 8.78 Å². The number of hydrogen-bond donors (Lipinski definition) is 2. The number of nitrogens with two attached hydrogens (primary N) is 1. The first kappa shape index (κ1) is 18.9. The second-order valence-electron chi connectivity index (χ2n) is 5.93. The smallest absolute Gasteiger partial charge is 0.270 e. The molecule has 1 fully saturated rings. The lowest BCUT2D eigenvalue weighted by Gasteiger charge is -2.23. The number of allylic oxidation sites excluding steroid dienone is 4. The van der Waals surface area contributed by atoms with E-state index in [1.54, 1.807) is 18.2 Å². The zero-order chi connectivity index (χ0) is 18.3. The highest BCUT2D eigenvalue weighted by Gasteiger charge is 2.30. The molecular formula is C18H21F2N3O2. The number of nitrogens with zero attached hydrogens (tertiary/aromatic N) is 1. The monoisotopic (exact) mass is 349 g/mol. The molecule has 0 radical (unpaired) electrons. The standard InChI is InChI=1S/C12H15F2NO.C6H6N2O/c13-12(14)5-1-9(2-6-12)11(16)10-3-7-15-8-4-10;7-6(9)5-3-1-2-4-8-5/h1-2,5,10,15H,3-4,6-8H2;1-4H,(H2,7,9). The van der Waals surface area contributed by atoms with Crippen molar-refractivity contribution >= 4 is 11.7 Å². The van der Waals surface area contributed by atoms with Crippen molar-refractivity contribution in [3.05, 3.63) is 53.9 Å². The molecule has 0 spiro atoms. The van der Waals surface area contributed by atoms with Crippen LogP contribution in [0.15, 0.2) is 48.2 Å². The van der Waals surface area contributed by atoms with Crippen LogP contribution in [-0.4, -0.2) is 35.7 Å². The Labute approximate surface area is 145 Å². The number of primary amides is 1. The third-order valence-electron chi connectivity index (χ3n) is 4.01. The van der Waals surface area contributed by atoms with Crippen LogP contribution in [-0.2, 0) is 4.79 Å². The largest absolute Gasteiger partial charge is 0.364 e. The van der Waals surface area contributed by atoms with E-state index in [0.717, 1.165) is 32.0 Å². The summed E-state index contributed by atoms with van der Waals surface area (Å²) in [6, 6.07) is 5.02. The molecule has 7 heteroatoms. The van der Waals surface area contributed by atoms with Gasteiger partial charge in [-0.3, -0.25) is 14.6 Å². The van der Waals surface area contributed by atoms with Crippen molar-refractivity contribution in [3.63, 3.8) is 0 Å². The van der Waals surface area contributed by atoms with Crippen LogP contribution < -0.4 is 11.1 Å². The topological polar surface area (TPSA) is 85.1 Å². The minimum absolute atomic E-state index is 0.00359. The predicted octanol–water partition coefficient (Wildman–Crippen LogP) is 2.26. The second kappa shape index (κ2) is 8.62. The van der Waals surface area contributed by atoms with Gasteiger partial charge < -0.3 is 11.1 Å². The molecule has 25 heavy (non-hydrogen) atoms. The van der Waals surface area contributed by atoms with Gasteiger partial charge in [0.15, 0.2) is 5.78 Å². The zero-order valence-electron chi connectivity index (χ0n) is 13.8. The molecule has 3 N–H and O–H groups in total. The van der Waals surface area contributed by atoms with Crippen molar-refractivity contribution in [2.24, 2.45) is 11.7 Å². The Kier molecular flexibility index (Phi) is 6.52. The van der Waals surface area contributed by atoms with E-state index in [9.17, 15) is 18.4 Å². The fourth-order valence-electron chi connectivity index (χ4n) is 2.60. The molecule has 2 aliphatic rings. The van der Waals surface area contributed by atoms with Gasteiger partial charge in [0.25, 0.3) is 11.8 Å². The molecule has 0 bridgehead atoms. The average molecular weight is 349 g/mol. The van der Waals surface area contributed by atoms with Gasteiger partial charge in [0, 0.05) is 24.1 Å². The summed E-state index contributed by atoms with van der Waals surface area (Å²) in [6.45, 7) is 1.67. The molecule has 0 saturated carbocycles. The van der Waals surface area contributed by atoms with Crippen LogP contribution in [0.2, 0.25) is 0 Å². The summed E-state index contributed by atoms with van der Waals surface area (Å²) in [5.74, 6) is -3.24. The Morgan fingerprint density at radius 2 is 1.96 bits per heavy atom. The average Bonchev–Trinajstić information content (AvgIpc) is 2.63. The van der Waals surface area contributed by atoms with E-state index in [1.807, 2.05) is 0 Å². The molecule has 1 aromatic rings. The molecular weight excluding hydrogens is 328 g/mol. The van der Waals surface area contributed by atoms with Gasteiger partial charge in [-0.2, -0.15) is 0 Å². The highest BCUT2D eigenvalue weighted by molar-refractivity contribution is 6.00. The number of halogens is 2. The quantitative estimate of drug-likeness (QED) is 0.876. The number of carbonyl (C=O) groups excluding carboxylic acids is 2. The Bertz CT molecular complexity index is 666. The summed E-state index contributed by atoms with van der Waals surface area (Å²) in [5.41, 5.74) is 5.67. The van der Waals surface area contributed by atoms with Gasteiger partial charge in [-0.05, 0) is 50.2 Å². The molecule has 2 heterocycles. The third kappa shape index (κ3) is 5.86. The van der Waals surface area contributed by atoms with E-state index in [1.165, 1.54) is 18.3 Å². The summed E-state index contributed by atoms with van der Waals surface area (Å²) >= 11 is 0. The van der Waals surface area contributed by atoms with Crippen molar-refractivity contribution in [2.75, 3.05) is 13.1 Å². The molecule has 0 atom stereocenters. The van der Waals surface area contributed by atoms with Crippen LogP contribution in [0, 0.1) is 5.92 Å². The van der Waals surface area contributed by atoms with Gasteiger partial charge in [-0.1, -0.05) is 12.1 Å². The summed E-state index contributed by atoms with van der Waals surface area (Å²) in [4.78, 5) is 26.0. The highest BCUT2D eigenvalue weighted by Crippen LogP contribution is 2.28. The molecule has 5 nitrogen and oxygen atoms in total. The van der Waals surface area contributed by atoms with Crippen molar-refractivity contribution in [1.82, 2.24) is 10.3 Å². The second-order valence-corrected chi connectivity index (χ2v) is 5.93. The van der Waals surface area contributed by atoms with Crippen molar-refractivity contribution in [2.45, 2.75) is 25.2 Å². The van der Waals surface area contributed by atoms with E-state index >= 15 is 0 Å². The first-order valence-corrected chi connectivity index (χ1v) is 8.12. The highest BCUT2D eigenvalue weighted by atomic mass is 19.3. The van der Waals surface area contributed by atoms with Crippen LogP contribution in [0.1, 0.15) is 29.8 Å². The Balaban J connectivity index is 0.000000212. The fraction of sp³-hybridized carbons (Fsp3) is 0.389. The molecule has 134 valence electrons. The minimum Gasteiger partial charge on any atom is -0.364 e. The fourth-order valence-corrected chi connectivity index (χ4v) is 2.60. The number of ketones is 1. The molecule has 0 unspecified atom stereocenters. The maximum atomic E-state index is 12.8. The molecule has 0 aromatic carbocycles. The zero-order valence-corrected chi connectivity index (χ0v) is 13.8. The number of rotatable bonds is 3. The predicted molar refractivity (Wildman–Crippen MR) is 90.1 cm³/mol. The first-order valence-electron chi connectivity index (χ1n) is 8.12. The van der Waals surface area contributed by atoms with Crippen molar-refractivity contribution in [3.8, 4) is 0 Å². The SMILES string of the molecule is NC(=O)c1ccccn1.O=C(C1=CCC(F)(F)C=C1)C1CCNCC1. The van der Waals surface area contributed by atoms with Gasteiger partial charge in [-0.15, -0.1) is 0 Å². The van der Waals surface area contributed by atoms with Crippen molar-refractivity contribution in [1.29, 1.82) is 0 Å². The van der Waals surface area contributed by atoms with Crippen LogP contribution in [0.4, 0.5) is 8.78 Å². The van der Waals surface area contributed by atoms with E-state index in [4.69, 9.17) is 5.73 Å².